The molecule has 0 radical (unpaired) electrons. The van der Waals surface area contributed by atoms with Crippen molar-refractivity contribution in [1.82, 2.24) is 75.4 Å². The number of urea groups is 1. The summed E-state index contributed by atoms with van der Waals surface area (Å²) in [5, 5.41) is 20.9. The summed E-state index contributed by atoms with van der Waals surface area (Å²) < 4.78 is 87.7. The number of rotatable bonds is 24. The van der Waals surface area contributed by atoms with E-state index in [1.807, 2.05) is 99.3 Å². The molecule has 1 unspecified atom stereocenters. The molecule has 7 amide bonds. The Labute approximate surface area is 855 Å². The van der Waals surface area contributed by atoms with Crippen LogP contribution in [0.15, 0.2) is 108 Å². The zero-order valence-corrected chi connectivity index (χ0v) is 85.2. The van der Waals surface area contributed by atoms with Crippen molar-refractivity contribution in [2.24, 2.45) is 11.8 Å². The average Bonchev–Trinajstić information content (AvgIpc) is 0.957. The second-order valence-electron chi connectivity index (χ2n) is 38.9. The highest BCUT2D eigenvalue weighted by Gasteiger charge is 2.33. The maximum Gasteiger partial charge on any atom is 0.315 e. The molecular formula is C108H124ClF6N25O7. The molecule has 8 aromatic heterocycles. The van der Waals surface area contributed by atoms with E-state index < -0.39 is 29.2 Å². The fraction of sp³-hybridized carbons (Fsp3) is 0.426. The van der Waals surface area contributed by atoms with Crippen molar-refractivity contribution in [3.05, 3.63) is 268 Å². The first kappa shape index (κ1) is 105. The Kier molecular flexibility index (Phi) is 34.5. The van der Waals surface area contributed by atoms with Gasteiger partial charge in [0.05, 0.1) is 110 Å². The third-order valence-electron chi connectivity index (χ3n) is 28.3. The first-order valence-corrected chi connectivity index (χ1v) is 50.7. The maximum absolute atomic E-state index is 14.2. The number of aromatic amines is 1. The minimum atomic E-state index is -0.850. The quantitative estimate of drug-likeness (QED) is 0.0206. The van der Waals surface area contributed by atoms with Crippen molar-refractivity contribution in [1.29, 1.82) is 0 Å². The van der Waals surface area contributed by atoms with Crippen molar-refractivity contribution in [3.8, 4) is 0 Å². The van der Waals surface area contributed by atoms with Crippen LogP contribution >= 0.6 is 11.6 Å². The topological polar surface area (TPSA) is 386 Å². The normalized spacial score (nSPS) is 15.6. The highest BCUT2D eigenvalue weighted by atomic mass is 35.5. The Balaban J connectivity index is 0.000000131. The van der Waals surface area contributed by atoms with Gasteiger partial charge in [-0.15, -0.1) is 0 Å². The van der Waals surface area contributed by atoms with Gasteiger partial charge in [0.15, 0.2) is 29.7 Å². The fourth-order valence-corrected chi connectivity index (χ4v) is 20.3. The summed E-state index contributed by atoms with van der Waals surface area (Å²) >= 11 is 6.39. The highest BCUT2D eigenvalue weighted by Crippen LogP contribution is 2.38. The molecule has 39 heteroatoms. The van der Waals surface area contributed by atoms with Crippen molar-refractivity contribution in [2.45, 2.75) is 249 Å². The lowest BCUT2D eigenvalue weighted by Gasteiger charge is -2.31. The summed E-state index contributed by atoms with van der Waals surface area (Å²) in [6.07, 6.45) is 24.8. The van der Waals surface area contributed by atoms with Crippen LogP contribution in [0.1, 0.15) is 220 Å². The lowest BCUT2D eigenvalue weighted by molar-refractivity contribution is -0.117. The van der Waals surface area contributed by atoms with Crippen molar-refractivity contribution < 1.29 is 59.5 Å². The lowest BCUT2D eigenvalue weighted by Crippen LogP contribution is -2.33. The molecule has 0 spiro atoms. The molecule has 1 atom stereocenters. The molecule has 772 valence electrons. The summed E-state index contributed by atoms with van der Waals surface area (Å²) in [4.78, 5) is 139. The van der Waals surface area contributed by atoms with Crippen LogP contribution in [-0.2, 0) is 102 Å². The number of aromatic nitrogens is 13. The van der Waals surface area contributed by atoms with E-state index in [4.69, 9.17) is 21.0 Å². The zero-order chi connectivity index (χ0) is 104. The fourth-order valence-electron chi connectivity index (χ4n) is 20.1. The third kappa shape index (κ3) is 27.0. The SMILES string of the molecule is Cc1cc(N2CCc3cccc(Cl)c3C2)nc(C)c1NC(=O)CC1CNC(=O)N1.Cc1nc(N2CCc3ccc(F)c(F)c3C2)nc(C)c1NC(=O)CCC1CCCC1.Cc1nc(N2CCc3ccc(F)c(F)c3C2)nc(C)c1NC(=O)CCc1cnc[nH]1.Cc1nc(N2CCc3ccc(F)cc3C2)nc(C)c1NC(=O)CCc1cocn1.Cc1nc(N2CCc3ccc(F)nc3C2)nc(C)c1NC(=O)CCC1CCCC1. The maximum atomic E-state index is 14.2. The van der Waals surface area contributed by atoms with E-state index in [2.05, 4.69) is 108 Å². The van der Waals surface area contributed by atoms with Gasteiger partial charge in [0.25, 0.3) is 0 Å². The Bertz CT molecular complexity index is 6710. The molecule has 1 saturated heterocycles. The van der Waals surface area contributed by atoms with Gasteiger partial charge in [0, 0.05) is 132 Å². The summed E-state index contributed by atoms with van der Waals surface area (Å²) in [5.41, 5.74) is 20.8. The van der Waals surface area contributed by atoms with Crippen molar-refractivity contribution in [2.75, 3.05) is 90.4 Å². The van der Waals surface area contributed by atoms with E-state index in [1.54, 1.807) is 50.6 Å². The predicted molar refractivity (Wildman–Crippen MR) is 550 cm³/mol. The number of nitrogens with one attached hydrogen (secondary N) is 8. The zero-order valence-electron chi connectivity index (χ0n) is 84.5. The third-order valence-corrected chi connectivity index (χ3v) is 28.6. The number of amides is 7. The molecule has 0 bridgehead atoms. The van der Waals surface area contributed by atoms with Crippen molar-refractivity contribution in [3.63, 3.8) is 0 Å². The van der Waals surface area contributed by atoms with E-state index in [9.17, 15) is 55.1 Å². The van der Waals surface area contributed by atoms with Crippen LogP contribution < -0.4 is 61.7 Å². The van der Waals surface area contributed by atoms with Crippen LogP contribution in [0.4, 0.5) is 89.2 Å². The molecule has 8 aliphatic rings. The smallest absolute Gasteiger partial charge is 0.315 e. The molecule has 2 aliphatic carbocycles. The van der Waals surface area contributed by atoms with Crippen LogP contribution in [-0.4, -0.2) is 146 Å². The molecule has 6 aliphatic heterocycles. The number of oxazole rings is 1. The van der Waals surface area contributed by atoms with Crippen LogP contribution in [0.25, 0.3) is 0 Å². The molecule has 8 N–H and O–H groups in total. The van der Waals surface area contributed by atoms with Gasteiger partial charge in [-0.25, -0.2) is 86.6 Å². The highest BCUT2D eigenvalue weighted by molar-refractivity contribution is 6.31. The molecule has 4 aromatic carbocycles. The minimum absolute atomic E-state index is 0.00565. The monoisotopic (exact) mass is 2030 g/mol. The molecule has 3 fully saturated rings. The lowest BCUT2D eigenvalue weighted by atomic mass is 9.99. The average molecular weight is 2030 g/mol. The first-order valence-electron chi connectivity index (χ1n) is 50.3. The number of aryl methyl sites for hydroxylation is 12. The van der Waals surface area contributed by atoms with Gasteiger partial charge in [0.1, 0.15) is 17.9 Å². The Morgan fingerprint density at radius 3 is 1.35 bits per heavy atom. The van der Waals surface area contributed by atoms with Gasteiger partial charge in [-0.2, -0.15) is 4.39 Å². The number of fused-ring (bicyclic) bond motifs is 5. The number of H-pyrrole nitrogens is 1. The molecule has 147 heavy (non-hydrogen) atoms. The van der Waals surface area contributed by atoms with E-state index >= 15 is 0 Å². The largest absolute Gasteiger partial charge is 0.451 e. The number of imidazole rings is 1. The number of carbonyl (C=O) groups is 6. The summed E-state index contributed by atoms with van der Waals surface area (Å²) in [7, 11) is 0. The van der Waals surface area contributed by atoms with E-state index in [-0.39, 0.29) is 66.9 Å². The minimum Gasteiger partial charge on any atom is -0.451 e. The second-order valence-corrected chi connectivity index (χ2v) is 39.3. The van der Waals surface area contributed by atoms with Gasteiger partial charge >= 0.3 is 6.03 Å². The summed E-state index contributed by atoms with van der Waals surface area (Å²) in [6.45, 7) is 24.9. The van der Waals surface area contributed by atoms with Crippen LogP contribution in [0.5, 0.6) is 0 Å². The summed E-state index contributed by atoms with van der Waals surface area (Å²) in [6, 6.07) is 21.4. The van der Waals surface area contributed by atoms with Gasteiger partial charge < -0.3 is 71.1 Å². The number of hydrogen-bond acceptors (Lipinski definition) is 24. The van der Waals surface area contributed by atoms with Crippen LogP contribution in [0.3, 0.4) is 0 Å². The second kappa shape index (κ2) is 48.2. The van der Waals surface area contributed by atoms with Gasteiger partial charge in [-0.1, -0.05) is 99.4 Å². The number of hydrogen-bond donors (Lipinski definition) is 8. The van der Waals surface area contributed by atoms with E-state index in [1.165, 1.54) is 93.9 Å². The number of benzene rings is 4. The summed E-state index contributed by atoms with van der Waals surface area (Å²) in [5.74, 6) is -0.0130. The number of nitrogens with zero attached hydrogens (tertiary/aromatic N) is 17. The van der Waals surface area contributed by atoms with Gasteiger partial charge in [-0.3, -0.25) is 24.0 Å². The number of carbonyl (C=O) groups excluding carboxylic acids is 6. The molecule has 2 saturated carbocycles. The Hall–Kier alpha value is -14.6. The Morgan fingerprint density at radius 1 is 0.442 bits per heavy atom. The van der Waals surface area contributed by atoms with Gasteiger partial charge in [0.2, 0.25) is 59.3 Å². The Morgan fingerprint density at radius 2 is 0.878 bits per heavy atom. The molecular weight excluding hydrogens is 1910 g/mol. The predicted octanol–water partition coefficient (Wildman–Crippen LogP) is 18.5. The number of anilines is 10. The van der Waals surface area contributed by atoms with Crippen LogP contribution in [0, 0.1) is 116 Å². The van der Waals surface area contributed by atoms with E-state index in [0.717, 1.165) is 148 Å². The molecule has 14 heterocycles. The molecule has 32 nitrogen and oxygen atoms in total. The van der Waals surface area contributed by atoms with Crippen LogP contribution in [0.2, 0.25) is 5.02 Å². The standard InChI is InChI=1S/C23H28F2N4O.C22H28FN5O.C21H24ClN5O2.C21H22F2N6O.C21H22FN5O2/c1-14-22(28-20(30)10-7-16-5-3-4-6-16)15(2)27-23(26-14)29-12-11-17-8-9-19(24)21(25)18(17)13-29;1-14-21(27-20(29)10-7-16-5-3-4-6-16)15(2)25-22(24-14)28-12-11-17-8-9-19(23)26-18(17)13-28;1-12-8-18(27-7-6-14-4-3-5-17(22)16(14)11-27)24-13(2)20(12)26-19(28)9-15-10-23-21(29)25-15;1-12-20(28-18(30)6-4-15-9-24-11-25-15)13(2)27-21(26-12)29-8-7-14-3-5-17(22)19(23)16(14)10-29;1-13-20(26-19(28)6-5-18-11-29-12-23-18)14(2)25-21(24-13)27-8-7-15-3-4-17(22)9-16(15)10-27/h8-9,16H,3-7,10-13H2,1-2H3,(H,28,30);8-9,16H,3-7,10-13H2,1-2H3,(H,27,29);3-5,8,15H,6-7,9-11H2,1-2H3,(H,26,28)(H2,23,25,29);3,5,9,11H,4,6-8,10H2,1-2H3,(H,24,25)(H,28,30);3-4,9,11-12H,5-8,10H2,1-2H3,(H,26,28). The first-order chi connectivity index (χ1) is 70.7. The molecule has 12 aromatic rings. The van der Waals surface area contributed by atoms with Gasteiger partial charge in [-0.05, 0) is 219 Å². The molecule has 20 rings (SSSR count). The van der Waals surface area contributed by atoms with Crippen molar-refractivity contribution >= 4 is 105 Å². The number of halogens is 7. The number of pyridine rings is 2. The van der Waals surface area contributed by atoms with E-state index in [0.29, 0.717) is 188 Å².